The minimum atomic E-state index is -3.79. The van der Waals surface area contributed by atoms with E-state index in [1.54, 1.807) is 37.4 Å². The Bertz CT molecular complexity index is 878. The molecule has 1 heterocycles. The van der Waals surface area contributed by atoms with Gasteiger partial charge in [0.2, 0.25) is 0 Å². The van der Waals surface area contributed by atoms with Crippen LogP contribution in [0.2, 0.25) is 0 Å². The third-order valence-corrected chi connectivity index (χ3v) is 5.05. The van der Waals surface area contributed by atoms with Gasteiger partial charge in [-0.15, -0.1) is 0 Å². The van der Waals surface area contributed by atoms with Crippen LogP contribution in [-0.2, 0) is 14.8 Å². The van der Waals surface area contributed by atoms with Crippen molar-refractivity contribution in [2.24, 2.45) is 0 Å². The number of hydrogen-bond donors (Lipinski definition) is 1. The van der Waals surface area contributed by atoms with Gasteiger partial charge in [0, 0.05) is 12.7 Å². The molecule has 0 unspecified atom stereocenters. The van der Waals surface area contributed by atoms with Gasteiger partial charge in [0.15, 0.2) is 6.61 Å². The largest absolute Gasteiger partial charge is 0.497 e. The van der Waals surface area contributed by atoms with Gasteiger partial charge in [0.05, 0.1) is 17.7 Å². The molecule has 1 amide bonds. The van der Waals surface area contributed by atoms with Gasteiger partial charge < -0.3 is 14.4 Å². The maximum Gasteiger partial charge on any atom is 0.264 e. The van der Waals surface area contributed by atoms with Crippen LogP contribution in [0.3, 0.4) is 0 Å². The Morgan fingerprint density at radius 1 is 1.17 bits per heavy atom. The summed E-state index contributed by atoms with van der Waals surface area (Å²) in [4.78, 5) is 13.1. The third-order valence-electron chi connectivity index (χ3n) is 3.67. The molecule has 2 aromatic carbocycles. The third kappa shape index (κ3) is 3.00. The number of methoxy groups -OCH3 is 1. The number of benzene rings is 2. The monoisotopic (exact) mass is 348 g/mol. The standard InChI is InChI=1S/C16H16N2O5S/c1-18-14-9-13(7-8-15(14)23-10-16(18)19)24(20,21)17-11-3-5-12(22-2)6-4-11/h3-9,17H,10H2,1-2H3. The van der Waals surface area contributed by atoms with Gasteiger partial charge in [0.1, 0.15) is 11.5 Å². The number of fused-ring (bicyclic) bond motifs is 1. The maximum absolute atomic E-state index is 12.5. The fraction of sp³-hybridized carbons (Fsp3) is 0.188. The lowest BCUT2D eigenvalue weighted by Crippen LogP contribution is -2.35. The zero-order valence-corrected chi connectivity index (χ0v) is 14.0. The molecule has 0 fully saturated rings. The first-order chi connectivity index (χ1) is 11.4. The Morgan fingerprint density at radius 3 is 2.54 bits per heavy atom. The van der Waals surface area contributed by atoms with Crippen molar-refractivity contribution in [3.8, 4) is 11.5 Å². The molecule has 1 aliphatic rings. The second-order valence-corrected chi connectivity index (χ2v) is 6.89. The summed E-state index contributed by atoms with van der Waals surface area (Å²) < 4.78 is 37.9. The number of rotatable bonds is 4. The molecule has 0 saturated carbocycles. The van der Waals surface area contributed by atoms with Crippen molar-refractivity contribution in [3.63, 3.8) is 0 Å². The minimum absolute atomic E-state index is 0.0437. The zero-order chi connectivity index (χ0) is 17.3. The molecule has 0 radical (unpaired) electrons. The second kappa shape index (κ2) is 6.04. The first kappa shape index (κ1) is 16.1. The first-order valence-corrected chi connectivity index (χ1v) is 8.59. The number of anilines is 2. The van der Waals surface area contributed by atoms with Crippen molar-refractivity contribution >= 4 is 27.3 Å². The molecule has 126 valence electrons. The van der Waals surface area contributed by atoms with E-state index in [1.807, 2.05) is 0 Å². The number of carbonyl (C=O) groups excluding carboxylic acids is 1. The topological polar surface area (TPSA) is 84.9 Å². The predicted molar refractivity (Wildman–Crippen MR) is 89.1 cm³/mol. The van der Waals surface area contributed by atoms with Gasteiger partial charge in [-0.05, 0) is 42.5 Å². The van der Waals surface area contributed by atoms with Crippen molar-refractivity contribution in [1.82, 2.24) is 0 Å². The van der Waals surface area contributed by atoms with Crippen LogP contribution in [0.1, 0.15) is 0 Å². The Labute approximate surface area is 139 Å². The quantitative estimate of drug-likeness (QED) is 0.911. The van der Waals surface area contributed by atoms with Crippen molar-refractivity contribution in [3.05, 3.63) is 42.5 Å². The molecule has 24 heavy (non-hydrogen) atoms. The Morgan fingerprint density at radius 2 is 1.88 bits per heavy atom. The van der Waals surface area contributed by atoms with Gasteiger partial charge in [-0.3, -0.25) is 9.52 Å². The van der Waals surface area contributed by atoms with Gasteiger partial charge in [-0.2, -0.15) is 0 Å². The Balaban J connectivity index is 1.91. The van der Waals surface area contributed by atoms with E-state index in [2.05, 4.69) is 4.72 Å². The van der Waals surface area contributed by atoms with E-state index in [0.29, 0.717) is 22.9 Å². The van der Waals surface area contributed by atoms with E-state index in [9.17, 15) is 13.2 Å². The number of hydrogen-bond acceptors (Lipinski definition) is 5. The highest BCUT2D eigenvalue weighted by Gasteiger charge is 2.25. The van der Waals surface area contributed by atoms with Crippen LogP contribution >= 0.6 is 0 Å². The highest BCUT2D eigenvalue weighted by atomic mass is 32.2. The first-order valence-electron chi connectivity index (χ1n) is 7.11. The van der Waals surface area contributed by atoms with E-state index in [-0.39, 0.29) is 17.4 Å². The molecule has 2 aromatic rings. The van der Waals surface area contributed by atoms with E-state index in [0.717, 1.165) is 0 Å². The molecule has 0 aromatic heterocycles. The number of carbonyl (C=O) groups is 1. The number of amides is 1. The van der Waals surface area contributed by atoms with Crippen molar-refractivity contribution in [2.75, 3.05) is 30.4 Å². The minimum Gasteiger partial charge on any atom is -0.497 e. The highest BCUT2D eigenvalue weighted by molar-refractivity contribution is 7.92. The average molecular weight is 348 g/mol. The van der Waals surface area contributed by atoms with E-state index < -0.39 is 10.0 Å². The number of ether oxygens (including phenoxy) is 2. The molecule has 7 nitrogen and oxygen atoms in total. The fourth-order valence-corrected chi connectivity index (χ4v) is 3.37. The summed E-state index contributed by atoms with van der Waals surface area (Å²) in [6, 6.07) is 10.9. The summed E-state index contributed by atoms with van der Waals surface area (Å²) >= 11 is 0. The maximum atomic E-state index is 12.5. The predicted octanol–water partition coefficient (Wildman–Crippen LogP) is 1.85. The smallest absolute Gasteiger partial charge is 0.264 e. The second-order valence-electron chi connectivity index (χ2n) is 5.20. The number of sulfonamides is 1. The SMILES string of the molecule is COc1ccc(NS(=O)(=O)c2ccc3c(c2)N(C)C(=O)CO3)cc1. The molecule has 8 heteroatoms. The molecule has 0 spiro atoms. The lowest BCUT2D eigenvalue weighted by atomic mass is 10.2. The van der Waals surface area contributed by atoms with Gasteiger partial charge in [0.25, 0.3) is 15.9 Å². The molecule has 0 saturated heterocycles. The summed E-state index contributed by atoms with van der Waals surface area (Å²) in [5.41, 5.74) is 0.832. The van der Waals surface area contributed by atoms with Crippen LogP contribution in [0.5, 0.6) is 11.5 Å². The van der Waals surface area contributed by atoms with Crippen LogP contribution in [0.25, 0.3) is 0 Å². The van der Waals surface area contributed by atoms with Gasteiger partial charge >= 0.3 is 0 Å². The van der Waals surface area contributed by atoms with Crippen molar-refractivity contribution in [2.45, 2.75) is 4.90 Å². The van der Waals surface area contributed by atoms with Crippen molar-refractivity contribution < 1.29 is 22.7 Å². The molecule has 0 atom stereocenters. The molecule has 0 aliphatic carbocycles. The van der Waals surface area contributed by atoms with Crippen LogP contribution in [0.15, 0.2) is 47.4 Å². The molecular weight excluding hydrogens is 332 g/mol. The average Bonchev–Trinajstić information content (AvgIpc) is 2.58. The van der Waals surface area contributed by atoms with Crippen LogP contribution in [0.4, 0.5) is 11.4 Å². The number of likely N-dealkylation sites (N-methyl/N-ethyl adjacent to an activating group) is 1. The van der Waals surface area contributed by atoms with Crippen LogP contribution in [0, 0.1) is 0 Å². The highest BCUT2D eigenvalue weighted by Crippen LogP contribution is 2.33. The van der Waals surface area contributed by atoms with E-state index in [4.69, 9.17) is 9.47 Å². The summed E-state index contributed by atoms with van der Waals surface area (Å²) in [5.74, 6) is 0.865. The van der Waals surface area contributed by atoms with Crippen LogP contribution in [-0.4, -0.2) is 35.1 Å². The lowest BCUT2D eigenvalue weighted by Gasteiger charge is -2.26. The van der Waals surface area contributed by atoms with Crippen molar-refractivity contribution in [1.29, 1.82) is 0 Å². The number of nitrogens with one attached hydrogen (secondary N) is 1. The Kier molecular flexibility index (Phi) is 4.06. The summed E-state index contributed by atoms with van der Waals surface area (Å²) in [7, 11) is -0.677. The molecular formula is C16H16N2O5S. The van der Waals surface area contributed by atoms with Crippen LogP contribution < -0.4 is 19.1 Å². The van der Waals surface area contributed by atoms with Gasteiger partial charge in [-0.1, -0.05) is 0 Å². The van der Waals surface area contributed by atoms with Gasteiger partial charge in [-0.25, -0.2) is 8.42 Å². The normalized spacial score (nSPS) is 13.9. The molecule has 0 bridgehead atoms. The molecule has 1 N–H and O–H groups in total. The zero-order valence-electron chi connectivity index (χ0n) is 13.1. The molecule has 1 aliphatic heterocycles. The summed E-state index contributed by atoms with van der Waals surface area (Å²) in [6.45, 7) is -0.0559. The Hall–Kier alpha value is -2.74. The summed E-state index contributed by atoms with van der Waals surface area (Å²) in [5, 5.41) is 0. The van der Waals surface area contributed by atoms with E-state index in [1.165, 1.54) is 24.1 Å². The molecule has 3 rings (SSSR count). The number of nitrogens with zero attached hydrogens (tertiary/aromatic N) is 1. The lowest BCUT2D eigenvalue weighted by molar-refractivity contribution is -0.120. The summed E-state index contributed by atoms with van der Waals surface area (Å²) in [6.07, 6.45) is 0. The van der Waals surface area contributed by atoms with E-state index >= 15 is 0 Å². The fourth-order valence-electron chi connectivity index (χ4n) is 2.29.